The Labute approximate surface area is 159 Å². The van der Waals surface area contributed by atoms with Crippen LogP contribution in [0.3, 0.4) is 0 Å². The van der Waals surface area contributed by atoms with Crippen LogP contribution < -0.4 is 16.0 Å². The third-order valence-corrected chi connectivity index (χ3v) is 5.45. The number of benzene rings is 1. The van der Waals surface area contributed by atoms with Crippen molar-refractivity contribution in [1.82, 2.24) is 16.0 Å². The van der Waals surface area contributed by atoms with Gasteiger partial charge in [0.2, 0.25) is 0 Å². The molecule has 2 unspecified atom stereocenters. The van der Waals surface area contributed by atoms with Crippen molar-refractivity contribution in [3.8, 4) is 0 Å². The predicted molar refractivity (Wildman–Crippen MR) is 110 cm³/mol. The lowest BCUT2D eigenvalue weighted by atomic mass is 9.88. The van der Waals surface area contributed by atoms with Gasteiger partial charge in [-0.15, -0.1) is 0 Å². The van der Waals surface area contributed by atoms with Gasteiger partial charge in [-0.25, -0.2) is 0 Å². The molecule has 1 heterocycles. The maximum absolute atomic E-state index is 5.63. The van der Waals surface area contributed by atoms with Crippen molar-refractivity contribution >= 4 is 5.96 Å². The minimum absolute atomic E-state index is 0.00615. The lowest BCUT2D eigenvalue weighted by molar-refractivity contribution is 0.0354. The van der Waals surface area contributed by atoms with Crippen LogP contribution in [0, 0.1) is 5.92 Å². The Morgan fingerprint density at radius 2 is 1.77 bits per heavy atom. The zero-order valence-corrected chi connectivity index (χ0v) is 17.0. The lowest BCUT2D eigenvalue weighted by Gasteiger charge is -2.41. The van der Waals surface area contributed by atoms with Gasteiger partial charge >= 0.3 is 0 Å². The van der Waals surface area contributed by atoms with E-state index in [0.29, 0.717) is 18.0 Å². The van der Waals surface area contributed by atoms with E-state index in [0.717, 1.165) is 38.6 Å². The summed E-state index contributed by atoms with van der Waals surface area (Å²) in [5.41, 5.74) is 1.32. The van der Waals surface area contributed by atoms with E-state index in [2.05, 4.69) is 79.0 Å². The van der Waals surface area contributed by atoms with Crippen LogP contribution in [0.15, 0.2) is 35.3 Å². The summed E-state index contributed by atoms with van der Waals surface area (Å²) < 4.78 is 5.63. The Morgan fingerprint density at radius 3 is 2.35 bits per heavy atom. The van der Waals surface area contributed by atoms with Crippen molar-refractivity contribution in [2.24, 2.45) is 10.9 Å². The first-order chi connectivity index (χ1) is 12.5. The summed E-state index contributed by atoms with van der Waals surface area (Å²) >= 11 is 0. The molecule has 1 aromatic rings. The van der Waals surface area contributed by atoms with Gasteiger partial charge in [0.1, 0.15) is 0 Å². The third-order valence-electron chi connectivity index (χ3n) is 5.45. The molecule has 0 saturated carbocycles. The van der Waals surface area contributed by atoms with Gasteiger partial charge in [-0.1, -0.05) is 44.2 Å². The Balaban J connectivity index is 2.02. The molecule has 5 heteroatoms. The van der Waals surface area contributed by atoms with Crippen LogP contribution in [0.5, 0.6) is 0 Å². The number of hydrogen-bond acceptors (Lipinski definition) is 3. The first kappa shape index (κ1) is 20.7. The van der Waals surface area contributed by atoms with Gasteiger partial charge in [-0.2, -0.15) is 0 Å². The predicted octanol–water partition coefficient (Wildman–Crippen LogP) is 3.10. The Kier molecular flexibility index (Phi) is 7.91. The largest absolute Gasteiger partial charge is 0.381 e. The molecule has 0 amide bonds. The van der Waals surface area contributed by atoms with Crippen molar-refractivity contribution < 1.29 is 4.74 Å². The number of nitrogens with zero attached hydrogens (tertiary/aromatic N) is 1. The van der Waals surface area contributed by atoms with Gasteiger partial charge < -0.3 is 20.7 Å². The highest BCUT2D eigenvalue weighted by atomic mass is 16.5. The smallest absolute Gasteiger partial charge is 0.191 e. The molecule has 2 rings (SSSR count). The summed E-state index contributed by atoms with van der Waals surface area (Å²) in [7, 11) is 1.83. The number of rotatable bonds is 7. The zero-order valence-electron chi connectivity index (χ0n) is 17.0. The molecular formula is C21H36N4O. The zero-order chi connectivity index (χ0) is 19.0. The molecule has 1 aliphatic rings. The Bertz CT molecular complexity index is 552. The highest BCUT2D eigenvalue weighted by Crippen LogP contribution is 2.25. The lowest BCUT2D eigenvalue weighted by Crippen LogP contribution is -2.58. The molecule has 2 atom stereocenters. The molecule has 3 N–H and O–H groups in total. The third kappa shape index (κ3) is 5.99. The summed E-state index contributed by atoms with van der Waals surface area (Å²) in [6.07, 6.45) is 1.99. The second-order valence-corrected chi connectivity index (χ2v) is 7.77. The minimum Gasteiger partial charge on any atom is -0.381 e. The second kappa shape index (κ2) is 9.93. The fourth-order valence-corrected chi connectivity index (χ4v) is 3.25. The van der Waals surface area contributed by atoms with E-state index in [1.54, 1.807) is 0 Å². The molecule has 1 aromatic carbocycles. The standard InChI is InChI=1S/C21H36N4O/c1-16(2)17(3)24-20(22-5)23-15-21(11-13-26-14-12-21)25-18(4)19-9-7-6-8-10-19/h6-10,16-18,25H,11-15H2,1-5H3,(H2,22,23,24). The van der Waals surface area contributed by atoms with E-state index in [1.165, 1.54) is 5.56 Å². The number of guanidine groups is 1. The SMILES string of the molecule is CN=C(NCC1(NC(C)c2ccccc2)CCOCC1)NC(C)C(C)C. The molecule has 146 valence electrons. The number of ether oxygens (including phenoxy) is 1. The molecule has 1 aliphatic heterocycles. The van der Waals surface area contributed by atoms with Gasteiger partial charge in [0.05, 0.1) is 0 Å². The molecule has 0 spiro atoms. The quantitative estimate of drug-likeness (QED) is 0.517. The normalized spacial score (nSPS) is 19.8. The van der Waals surface area contributed by atoms with Crippen molar-refractivity contribution in [3.63, 3.8) is 0 Å². The molecule has 0 radical (unpaired) electrons. The van der Waals surface area contributed by atoms with Crippen LogP contribution in [-0.4, -0.2) is 44.3 Å². The highest BCUT2D eigenvalue weighted by molar-refractivity contribution is 5.80. The molecule has 0 bridgehead atoms. The van der Waals surface area contributed by atoms with Gasteiger partial charge in [-0.3, -0.25) is 4.99 Å². The second-order valence-electron chi connectivity index (χ2n) is 7.77. The molecular weight excluding hydrogens is 324 g/mol. The highest BCUT2D eigenvalue weighted by Gasteiger charge is 2.34. The maximum atomic E-state index is 5.63. The van der Waals surface area contributed by atoms with E-state index in [1.807, 2.05) is 7.05 Å². The fourth-order valence-electron chi connectivity index (χ4n) is 3.25. The van der Waals surface area contributed by atoms with E-state index >= 15 is 0 Å². The Hall–Kier alpha value is -1.59. The van der Waals surface area contributed by atoms with Crippen LogP contribution in [0.1, 0.15) is 52.1 Å². The van der Waals surface area contributed by atoms with Crippen molar-refractivity contribution in [2.45, 2.75) is 58.2 Å². The van der Waals surface area contributed by atoms with Gasteiger partial charge in [-0.05, 0) is 38.2 Å². The molecule has 0 aromatic heterocycles. The molecule has 0 aliphatic carbocycles. The van der Waals surface area contributed by atoms with Gasteiger partial charge in [0.25, 0.3) is 0 Å². The van der Waals surface area contributed by atoms with Gasteiger partial charge in [0.15, 0.2) is 5.96 Å². The summed E-state index contributed by atoms with van der Waals surface area (Å²) in [5, 5.41) is 10.9. The maximum Gasteiger partial charge on any atom is 0.191 e. The summed E-state index contributed by atoms with van der Waals surface area (Å²) in [4.78, 5) is 4.40. The molecule has 1 fully saturated rings. The van der Waals surface area contributed by atoms with E-state index in [9.17, 15) is 0 Å². The average molecular weight is 361 g/mol. The topological polar surface area (TPSA) is 57.7 Å². The van der Waals surface area contributed by atoms with Crippen molar-refractivity contribution in [3.05, 3.63) is 35.9 Å². The molecule has 1 saturated heterocycles. The molecule has 5 nitrogen and oxygen atoms in total. The summed E-state index contributed by atoms with van der Waals surface area (Å²) in [6.45, 7) is 11.3. The van der Waals surface area contributed by atoms with Crippen LogP contribution in [0.25, 0.3) is 0 Å². The van der Waals surface area contributed by atoms with E-state index in [4.69, 9.17) is 4.74 Å². The van der Waals surface area contributed by atoms with E-state index < -0.39 is 0 Å². The van der Waals surface area contributed by atoms with Crippen molar-refractivity contribution in [1.29, 1.82) is 0 Å². The van der Waals surface area contributed by atoms with Crippen LogP contribution >= 0.6 is 0 Å². The number of aliphatic imine (C=N–C) groups is 1. The van der Waals surface area contributed by atoms with Crippen LogP contribution in [0.2, 0.25) is 0 Å². The minimum atomic E-state index is 0.00615. The van der Waals surface area contributed by atoms with Crippen LogP contribution in [0.4, 0.5) is 0 Å². The van der Waals surface area contributed by atoms with Crippen LogP contribution in [-0.2, 0) is 4.74 Å². The van der Waals surface area contributed by atoms with Gasteiger partial charge in [0, 0.05) is 44.4 Å². The Morgan fingerprint density at radius 1 is 1.12 bits per heavy atom. The summed E-state index contributed by atoms with van der Waals surface area (Å²) in [5.74, 6) is 1.42. The average Bonchev–Trinajstić information content (AvgIpc) is 2.66. The number of nitrogens with one attached hydrogen (secondary N) is 3. The first-order valence-electron chi connectivity index (χ1n) is 9.83. The van der Waals surface area contributed by atoms with Crippen molar-refractivity contribution in [2.75, 3.05) is 26.8 Å². The summed E-state index contributed by atoms with van der Waals surface area (Å²) in [6, 6.07) is 11.3. The first-order valence-corrected chi connectivity index (χ1v) is 9.83. The molecule has 26 heavy (non-hydrogen) atoms. The number of hydrogen-bond donors (Lipinski definition) is 3. The van der Waals surface area contributed by atoms with E-state index in [-0.39, 0.29) is 5.54 Å². The monoisotopic (exact) mass is 360 g/mol. The fraction of sp³-hybridized carbons (Fsp3) is 0.667.